The smallest absolute Gasteiger partial charge is 0.252 e. The summed E-state index contributed by atoms with van der Waals surface area (Å²) in [5, 5.41) is 46.7. The molecule has 27 nitrogen and oxygen atoms in total. The van der Waals surface area contributed by atoms with Crippen LogP contribution >= 0.6 is 0 Å². The van der Waals surface area contributed by atoms with Crippen molar-refractivity contribution in [1.82, 2.24) is 53.2 Å². The summed E-state index contributed by atoms with van der Waals surface area (Å²) in [6.07, 6.45) is -4.27. The van der Waals surface area contributed by atoms with Gasteiger partial charge in [-0.25, -0.2) is 0 Å². The standard InChI is InChI=1S/C50H79N15O12/c1-26(2)24-37-47(74)59-32(14-19-51)42(69)58-35(17-22-54)46(73)65-39(27(3)66)49(76)56-23-18-36(45(72)57-33(15-20-52)44(71)63-38(48(75)62-37)25-29-8-6-5-7-9-29)60-43(70)34(16-21-53)61-50(77)40(28(4)67)64-41(68)30-10-12-31(55)13-11-30/h5-13,26-28,32-40,66-67H,14-25,51-55H2,1-4H3,(H,56,76)(H,57,72)(H,58,69)(H,59,74)(H,60,70)(H,61,77)(H,62,75)(H,63,71)(H,64,68)(H,65,73)/t27?,28?,32-,33-,34-,35-,36-,37-,38+,39-,40-/m0/s1. The lowest BCUT2D eigenvalue weighted by Gasteiger charge is -2.28. The van der Waals surface area contributed by atoms with E-state index in [9.17, 15) is 58.2 Å². The maximum atomic E-state index is 14.4. The zero-order valence-corrected chi connectivity index (χ0v) is 44.0. The van der Waals surface area contributed by atoms with Crippen LogP contribution in [-0.4, -0.2) is 169 Å². The maximum Gasteiger partial charge on any atom is 0.252 e. The third-order valence-electron chi connectivity index (χ3n) is 12.3. The van der Waals surface area contributed by atoms with E-state index >= 15 is 0 Å². The Bertz CT molecular complexity index is 2310. The highest BCUT2D eigenvalue weighted by Crippen LogP contribution is 2.12. The topological polar surface area (TPSA) is 462 Å². The predicted octanol–water partition coefficient (Wildman–Crippen LogP) is -5.79. The molecule has 11 atom stereocenters. The van der Waals surface area contributed by atoms with Gasteiger partial charge in [0.05, 0.1) is 12.2 Å². The molecule has 22 N–H and O–H groups in total. The molecule has 1 fully saturated rings. The van der Waals surface area contributed by atoms with Crippen molar-refractivity contribution in [2.45, 2.75) is 139 Å². The summed E-state index contributed by atoms with van der Waals surface area (Å²) >= 11 is 0. The Morgan fingerprint density at radius 1 is 0.597 bits per heavy atom. The van der Waals surface area contributed by atoms with Crippen LogP contribution in [0.4, 0.5) is 5.69 Å². The number of amides is 10. The number of carbonyl (C=O) groups excluding carboxylic acids is 10. The minimum atomic E-state index is -1.67. The highest BCUT2D eigenvalue weighted by atomic mass is 16.3. The summed E-state index contributed by atoms with van der Waals surface area (Å²) < 4.78 is 0. The van der Waals surface area contributed by atoms with Crippen LogP contribution in [0.5, 0.6) is 0 Å². The first-order chi connectivity index (χ1) is 36.5. The molecule has 0 aliphatic carbocycles. The van der Waals surface area contributed by atoms with Gasteiger partial charge in [0.2, 0.25) is 53.2 Å². The average molecular weight is 1080 g/mol. The number of aliphatic hydroxyl groups excluding tert-OH is 2. The molecule has 0 spiro atoms. The second kappa shape index (κ2) is 32.3. The Hall–Kier alpha value is -7.30. The van der Waals surface area contributed by atoms with Gasteiger partial charge in [0.15, 0.2) is 0 Å². The molecule has 77 heavy (non-hydrogen) atoms. The van der Waals surface area contributed by atoms with E-state index in [0.29, 0.717) is 11.3 Å². The minimum absolute atomic E-state index is 0.0541. The number of nitrogens with two attached hydrogens (primary N) is 5. The molecular formula is C50H79N15O12. The van der Waals surface area contributed by atoms with Crippen LogP contribution in [0.3, 0.4) is 0 Å². The Kier molecular flexibility index (Phi) is 26.9. The van der Waals surface area contributed by atoms with Crippen LogP contribution < -0.4 is 81.8 Å². The van der Waals surface area contributed by atoms with Crippen LogP contribution in [-0.2, 0) is 49.6 Å². The van der Waals surface area contributed by atoms with Crippen molar-refractivity contribution in [2.24, 2.45) is 28.9 Å². The molecule has 3 rings (SSSR count). The van der Waals surface area contributed by atoms with Gasteiger partial charge in [0.25, 0.3) is 5.91 Å². The van der Waals surface area contributed by atoms with E-state index in [-0.39, 0.29) is 76.2 Å². The molecule has 2 unspecified atom stereocenters. The fourth-order valence-corrected chi connectivity index (χ4v) is 8.04. The zero-order chi connectivity index (χ0) is 57.4. The van der Waals surface area contributed by atoms with E-state index in [1.807, 2.05) is 0 Å². The van der Waals surface area contributed by atoms with Gasteiger partial charge < -0.3 is 92.0 Å². The fraction of sp³-hybridized carbons (Fsp3) is 0.560. The van der Waals surface area contributed by atoms with Crippen LogP contribution in [0.25, 0.3) is 0 Å². The van der Waals surface area contributed by atoms with Gasteiger partial charge in [0, 0.05) is 24.2 Å². The number of aliphatic hydroxyl groups is 2. The predicted molar refractivity (Wildman–Crippen MR) is 283 cm³/mol. The molecule has 1 aliphatic heterocycles. The lowest BCUT2D eigenvalue weighted by molar-refractivity contribution is -0.136. The lowest BCUT2D eigenvalue weighted by Crippen LogP contribution is -2.61. The van der Waals surface area contributed by atoms with E-state index in [1.54, 1.807) is 44.2 Å². The number of hydrogen-bond acceptors (Lipinski definition) is 17. The zero-order valence-electron chi connectivity index (χ0n) is 44.0. The molecule has 426 valence electrons. The first-order valence-corrected chi connectivity index (χ1v) is 25.6. The van der Waals surface area contributed by atoms with Gasteiger partial charge in [-0.3, -0.25) is 47.9 Å². The number of benzene rings is 2. The molecule has 2 aromatic rings. The van der Waals surface area contributed by atoms with Crippen molar-refractivity contribution < 1.29 is 58.2 Å². The minimum Gasteiger partial charge on any atom is -0.399 e. The molecular weight excluding hydrogens is 1000 g/mol. The first kappa shape index (κ1) is 64.0. The maximum absolute atomic E-state index is 14.4. The lowest BCUT2D eigenvalue weighted by atomic mass is 10.00. The number of hydrogen-bond donors (Lipinski definition) is 17. The molecule has 1 aliphatic rings. The number of anilines is 1. The van der Waals surface area contributed by atoms with Crippen molar-refractivity contribution in [3.8, 4) is 0 Å². The van der Waals surface area contributed by atoms with Crippen LogP contribution in [0, 0.1) is 5.92 Å². The van der Waals surface area contributed by atoms with Gasteiger partial charge in [-0.2, -0.15) is 0 Å². The van der Waals surface area contributed by atoms with Gasteiger partial charge in [0.1, 0.15) is 54.4 Å². The molecule has 1 saturated heterocycles. The highest BCUT2D eigenvalue weighted by molar-refractivity contribution is 6.00. The van der Waals surface area contributed by atoms with Gasteiger partial charge >= 0.3 is 0 Å². The summed E-state index contributed by atoms with van der Waals surface area (Å²) in [4.78, 5) is 139. The largest absolute Gasteiger partial charge is 0.399 e. The third-order valence-corrected chi connectivity index (χ3v) is 12.3. The first-order valence-electron chi connectivity index (χ1n) is 25.6. The number of nitrogen functional groups attached to an aromatic ring is 1. The molecule has 0 radical (unpaired) electrons. The van der Waals surface area contributed by atoms with E-state index in [2.05, 4.69) is 53.2 Å². The molecule has 10 amide bonds. The highest BCUT2D eigenvalue weighted by Gasteiger charge is 2.37. The molecule has 0 saturated carbocycles. The van der Waals surface area contributed by atoms with Crippen molar-refractivity contribution in [2.75, 3.05) is 38.5 Å². The number of carbonyl (C=O) groups is 10. The van der Waals surface area contributed by atoms with Crippen LogP contribution in [0.15, 0.2) is 54.6 Å². The van der Waals surface area contributed by atoms with E-state index in [4.69, 9.17) is 28.7 Å². The summed E-state index contributed by atoms with van der Waals surface area (Å²) in [7, 11) is 0. The SMILES string of the molecule is CC(C)C[C@@H]1NC(=O)[C@@H](Cc2ccccc2)NC(=O)[C@H](CCN)NC(=O)[C@@H](NC(=O)[C@H](CCN)NC(=O)[C@@H](NC(=O)c2ccc(N)cc2)C(C)O)CCNC(=O)[C@H](C(C)O)NC(=O)[C@H](CCN)NC(=O)[C@H](CCN)NC1=O. The summed E-state index contributed by atoms with van der Waals surface area (Å²) in [5.74, 6) is -9.27. The van der Waals surface area contributed by atoms with E-state index < -0.39 is 139 Å². The Balaban J connectivity index is 2.11. The normalized spacial score (nSPS) is 23.2. The van der Waals surface area contributed by atoms with Gasteiger partial charge in [-0.05, 0) is 114 Å². The number of nitrogens with one attached hydrogen (secondary N) is 10. The monoisotopic (exact) mass is 1080 g/mol. The Morgan fingerprint density at radius 2 is 1.09 bits per heavy atom. The Labute approximate surface area is 447 Å². The van der Waals surface area contributed by atoms with Crippen LogP contribution in [0.1, 0.15) is 82.1 Å². The number of rotatable bonds is 20. The van der Waals surface area contributed by atoms with Crippen molar-refractivity contribution in [3.63, 3.8) is 0 Å². The van der Waals surface area contributed by atoms with Crippen molar-refractivity contribution in [1.29, 1.82) is 0 Å². The summed E-state index contributed by atoms with van der Waals surface area (Å²) in [6.45, 7) is 4.95. The van der Waals surface area contributed by atoms with E-state index in [0.717, 1.165) is 0 Å². The van der Waals surface area contributed by atoms with Crippen molar-refractivity contribution >= 4 is 64.8 Å². The third kappa shape index (κ3) is 21.0. The van der Waals surface area contributed by atoms with Crippen LogP contribution in [0.2, 0.25) is 0 Å². The van der Waals surface area contributed by atoms with E-state index in [1.165, 1.54) is 38.1 Å². The second-order valence-electron chi connectivity index (χ2n) is 19.2. The van der Waals surface area contributed by atoms with Gasteiger partial charge in [-0.15, -0.1) is 0 Å². The molecule has 0 aromatic heterocycles. The molecule has 0 bridgehead atoms. The summed E-state index contributed by atoms with van der Waals surface area (Å²) in [6, 6.07) is 0.943. The second-order valence-corrected chi connectivity index (χ2v) is 19.2. The molecule has 2 aromatic carbocycles. The summed E-state index contributed by atoms with van der Waals surface area (Å²) in [5.41, 5.74) is 30.2. The molecule has 1 heterocycles. The average Bonchev–Trinajstić information content (AvgIpc) is 3.37. The van der Waals surface area contributed by atoms with Crippen molar-refractivity contribution in [3.05, 3.63) is 65.7 Å². The fourth-order valence-electron chi connectivity index (χ4n) is 8.04. The van der Waals surface area contributed by atoms with Gasteiger partial charge in [-0.1, -0.05) is 44.2 Å². The Morgan fingerprint density at radius 3 is 1.60 bits per heavy atom. The quantitative estimate of drug-likeness (QED) is 0.0549. The molecule has 27 heteroatoms.